The molecule has 2 saturated heterocycles. The fourth-order valence-corrected chi connectivity index (χ4v) is 3.95. The average molecular weight is 311 g/mol. The fourth-order valence-electron chi connectivity index (χ4n) is 3.95. The number of hydrogen-bond donors (Lipinski definition) is 1. The number of anilines is 2. The summed E-state index contributed by atoms with van der Waals surface area (Å²) in [7, 11) is 2.21. The van der Waals surface area contributed by atoms with Gasteiger partial charge in [0.1, 0.15) is 17.9 Å². The zero-order chi connectivity index (χ0) is 15.6. The normalized spacial score (nSPS) is 27.1. The van der Waals surface area contributed by atoms with Crippen LogP contribution in [-0.2, 0) is 0 Å². The molecule has 3 aliphatic rings. The predicted octanol–water partition coefficient (Wildman–Crippen LogP) is 1.65. The molecule has 120 valence electrons. The molecule has 2 aliphatic heterocycles. The van der Waals surface area contributed by atoms with Gasteiger partial charge in [-0.05, 0) is 38.4 Å². The monoisotopic (exact) mass is 311 g/mol. The molecule has 0 amide bonds. The Hall–Kier alpha value is -2.08. The van der Waals surface area contributed by atoms with Crippen LogP contribution in [0.15, 0.2) is 18.5 Å². The van der Waals surface area contributed by atoms with E-state index in [1.165, 1.54) is 12.7 Å². The van der Waals surface area contributed by atoms with Crippen molar-refractivity contribution in [3.05, 3.63) is 18.5 Å². The van der Waals surface area contributed by atoms with E-state index in [-0.39, 0.29) is 0 Å². The molecule has 0 spiro atoms. The molecule has 0 radical (unpaired) electrons. The summed E-state index contributed by atoms with van der Waals surface area (Å²) in [5.41, 5.74) is 8.20. The van der Waals surface area contributed by atoms with Crippen molar-refractivity contribution >= 4 is 22.4 Å². The number of ether oxygens (including phenoxy) is 1. The Kier molecular flexibility index (Phi) is 2.74. The topological polar surface area (TPSA) is 67.5 Å². The van der Waals surface area contributed by atoms with Crippen molar-refractivity contribution < 1.29 is 4.74 Å². The standard InChI is InChI=1S/C17H21N5O/c1-21-7-6-12-13(21)8-22(12)16-14(23-10-2-3-10)5-4-11-15(16)17(18)20-9-19-11/h4-5,9-10,12-13H,2-3,6-8H2,1H3,(H2,18,19,20)/t12-,13-/m1/s1. The number of nitrogen functional groups attached to an aromatic ring is 1. The third-order valence-electron chi connectivity index (χ3n) is 5.45. The molecule has 6 heteroatoms. The van der Waals surface area contributed by atoms with Crippen LogP contribution in [-0.4, -0.2) is 53.2 Å². The van der Waals surface area contributed by atoms with Gasteiger partial charge in [0, 0.05) is 25.2 Å². The lowest BCUT2D eigenvalue weighted by Gasteiger charge is -2.48. The summed E-state index contributed by atoms with van der Waals surface area (Å²) in [5, 5.41) is 0.943. The van der Waals surface area contributed by atoms with Gasteiger partial charge in [-0.3, -0.25) is 4.90 Å². The minimum absolute atomic E-state index is 0.361. The van der Waals surface area contributed by atoms with Crippen LogP contribution in [0.25, 0.3) is 10.9 Å². The number of benzene rings is 1. The summed E-state index contributed by atoms with van der Waals surface area (Å²) < 4.78 is 6.19. The van der Waals surface area contributed by atoms with E-state index in [1.54, 1.807) is 0 Å². The number of likely N-dealkylation sites (tertiary alicyclic amines) is 1. The average Bonchev–Trinajstić information content (AvgIpc) is 3.27. The van der Waals surface area contributed by atoms with E-state index in [0.29, 0.717) is 24.0 Å². The van der Waals surface area contributed by atoms with Crippen molar-refractivity contribution in [2.24, 2.45) is 0 Å². The molecule has 3 heterocycles. The van der Waals surface area contributed by atoms with Crippen LogP contribution < -0.4 is 15.4 Å². The first-order valence-electron chi connectivity index (χ1n) is 8.39. The quantitative estimate of drug-likeness (QED) is 0.929. The molecule has 2 aromatic rings. The van der Waals surface area contributed by atoms with E-state index in [0.717, 1.165) is 48.3 Å². The molecule has 1 aliphatic carbocycles. The highest BCUT2D eigenvalue weighted by atomic mass is 16.5. The van der Waals surface area contributed by atoms with Crippen molar-refractivity contribution in [2.45, 2.75) is 37.5 Å². The van der Waals surface area contributed by atoms with Gasteiger partial charge < -0.3 is 15.4 Å². The van der Waals surface area contributed by atoms with Crippen LogP contribution in [0.3, 0.4) is 0 Å². The molecule has 0 unspecified atom stereocenters. The van der Waals surface area contributed by atoms with Crippen molar-refractivity contribution in [1.82, 2.24) is 14.9 Å². The van der Waals surface area contributed by atoms with E-state index in [9.17, 15) is 0 Å². The molecule has 1 aromatic carbocycles. The summed E-state index contributed by atoms with van der Waals surface area (Å²) in [4.78, 5) is 13.5. The largest absolute Gasteiger partial charge is 0.488 e. The SMILES string of the molecule is CN1CC[C@@H]2[C@H]1CN2c1c(OC2CC2)ccc2ncnc(N)c12. The van der Waals surface area contributed by atoms with Crippen LogP contribution in [0.1, 0.15) is 19.3 Å². The van der Waals surface area contributed by atoms with Gasteiger partial charge in [-0.2, -0.15) is 0 Å². The molecule has 2 N–H and O–H groups in total. The summed E-state index contributed by atoms with van der Waals surface area (Å²) in [6.45, 7) is 2.18. The highest BCUT2D eigenvalue weighted by Crippen LogP contribution is 2.46. The van der Waals surface area contributed by atoms with Gasteiger partial charge in [-0.25, -0.2) is 9.97 Å². The van der Waals surface area contributed by atoms with Gasteiger partial charge in [0.25, 0.3) is 0 Å². The molecule has 2 atom stereocenters. The Morgan fingerprint density at radius 3 is 2.83 bits per heavy atom. The first-order chi connectivity index (χ1) is 11.2. The van der Waals surface area contributed by atoms with E-state index in [1.807, 2.05) is 6.07 Å². The van der Waals surface area contributed by atoms with Crippen LogP contribution >= 0.6 is 0 Å². The number of fused-ring (bicyclic) bond motifs is 2. The van der Waals surface area contributed by atoms with E-state index in [2.05, 4.69) is 32.9 Å². The minimum atomic E-state index is 0.361. The van der Waals surface area contributed by atoms with E-state index in [4.69, 9.17) is 10.5 Å². The number of nitrogens with zero attached hydrogens (tertiary/aromatic N) is 4. The minimum Gasteiger partial charge on any atom is -0.488 e. The smallest absolute Gasteiger partial charge is 0.143 e. The maximum Gasteiger partial charge on any atom is 0.143 e. The molecule has 23 heavy (non-hydrogen) atoms. The molecular formula is C17H21N5O. The second-order valence-corrected chi connectivity index (χ2v) is 6.94. The lowest BCUT2D eigenvalue weighted by molar-refractivity contribution is 0.238. The van der Waals surface area contributed by atoms with Crippen molar-refractivity contribution in [1.29, 1.82) is 0 Å². The van der Waals surface area contributed by atoms with E-state index < -0.39 is 0 Å². The van der Waals surface area contributed by atoms with Crippen molar-refractivity contribution in [3.8, 4) is 5.75 Å². The maximum absolute atomic E-state index is 6.21. The Bertz CT molecular complexity index is 775. The highest BCUT2D eigenvalue weighted by Gasteiger charge is 2.47. The van der Waals surface area contributed by atoms with Gasteiger partial charge in [0.2, 0.25) is 0 Å². The van der Waals surface area contributed by atoms with Crippen molar-refractivity contribution in [3.63, 3.8) is 0 Å². The fraction of sp³-hybridized carbons (Fsp3) is 0.529. The molecule has 5 rings (SSSR count). The lowest BCUT2D eigenvalue weighted by atomic mass is 9.94. The molecular weight excluding hydrogens is 290 g/mol. The number of hydrogen-bond acceptors (Lipinski definition) is 6. The predicted molar refractivity (Wildman–Crippen MR) is 89.8 cm³/mol. The molecule has 1 saturated carbocycles. The molecule has 6 nitrogen and oxygen atoms in total. The molecule has 1 aromatic heterocycles. The highest BCUT2D eigenvalue weighted by molar-refractivity contribution is 6.02. The Morgan fingerprint density at radius 2 is 2.04 bits per heavy atom. The van der Waals surface area contributed by atoms with Crippen LogP contribution in [0.4, 0.5) is 11.5 Å². The number of likely N-dealkylation sites (N-methyl/N-ethyl adjacent to an activating group) is 1. The van der Waals surface area contributed by atoms with Crippen LogP contribution in [0, 0.1) is 0 Å². The second-order valence-electron chi connectivity index (χ2n) is 6.94. The Balaban J connectivity index is 1.64. The number of rotatable bonds is 3. The van der Waals surface area contributed by atoms with Gasteiger partial charge in [0.15, 0.2) is 0 Å². The number of nitrogens with two attached hydrogens (primary N) is 1. The zero-order valence-corrected chi connectivity index (χ0v) is 13.3. The third kappa shape index (κ3) is 1.97. The first-order valence-corrected chi connectivity index (χ1v) is 8.39. The first kappa shape index (κ1) is 13.4. The summed E-state index contributed by atoms with van der Waals surface area (Å²) in [6, 6.07) is 5.23. The molecule has 0 bridgehead atoms. The summed E-state index contributed by atoms with van der Waals surface area (Å²) >= 11 is 0. The van der Waals surface area contributed by atoms with Crippen LogP contribution in [0.2, 0.25) is 0 Å². The van der Waals surface area contributed by atoms with Crippen molar-refractivity contribution in [2.75, 3.05) is 30.8 Å². The summed E-state index contributed by atoms with van der Waals surface area (Å²) in [5.74, 6) is 1.48. The second kappa shape index (κ2) is 4.71. The Morgan fingerprint density at radius 1 is 1.17 bits per heavy atom. The van der Waals surface area contributed by atoms with Gasteiger partial charge in [-0.1, -0.05) is 0 Å². The third-order valence-corrected chi connectivity index (χ3v) is 5.45. The lowest BCUT2D eigenvalue weighted by Crippen LogP contribution is -2.61. The Labute approximate surface area is 135 Å². The number of aromatic nitrogens is 2. The van der Waals surface area contributed by atoms with Gasteiger partial charge in [-0.15, -0.1) is 0 Å². The van der Waals surface area contributed by atoms with Gasteiger partial charge >= 0.3 is 0 Å². The maximum atomic E-state index is 6.21. The van der Waals surface area contributed by atoms with E-state index >= 15 is 0 Å². The zero-order valence-electron chi connectivity index (χ0n) is 13.3. The van der Waals surface area contributed by atoms with Crippen LogP contribution in [0.5, 0.6) is 5.75 Å². The molecule has 3 fully saturated rings. The summed E-state index contributed by atoms with van der Waals surface area (Å²) in [6.07, 6.45) is 5.37. The van der Waals surface area contributed by atoms with Gasteiger partial charge in [0.05, 0.1) is 22.7 Å².